The average Bonchev–Trinajstić information content (AvgIpc) is 3.21. The Bertz CT molecular complexity index is 973. The first kappa shape index (κ1) is 19.1. The number of carbonyl (C=O) groups is 1. The van der Waals surface area contributed by atoms with Gasteiger partial charge in [-0.05, 0) is 12.8 Å². The third-order valence-corrected chi connectivity index (χ3v) is 6.97. The Morgan fingerprint density at radius 1 is 1.11 bits per heavy atom. The summed E-state index contributed by atoms with van der Waals surface area (Å²) >= 11 is 0. The largest absolute Gasteiger partial charge is 0.335 e. The van der Waals surface area contributed by atoms with E-state index in [4.69, 9.17) is 0 Å². The van der Waals surface area contributed by atoms with E-state index in [2.05, 4.69) is 19.7 Å². The Balaban J connectivity index is 1.46. The zero-order valence-corrected chi connectivity index (χ0v) is 17.0. The number of aryl methyl sites for hydroxylation is 1. The molecule has 4 rings (SSSR count). The van der Waals surface area contributed by atoms with Crippen LogP contribution in [0.5, 0.6) is 0 Å². The molecule has 2 aliphatic heterocycles. The van der Waals surface area contributed by atoms with E-state index in [0.717, 1.165) is 24.5 Å². The van der Waals surface area contributed by atoms with Gasteiger partial charge >= 0.3 is 0 Å². The van der Waals surface area contributed by atoms with Crippen LogP contribution in [0.1, 0.15) is 40.9 Å². The van der Waals surface area contributed by atoms with Gasteiger partial charge in [-0.25, -0.2) is 17.7 Å². The van der Waals surface area contributed by atoms with Crippen molar-refractivity contribution in [1.82, 2.24) is 33.5 Å². The van der Waals surface area contributed by atoms with Gasteiger partial charge in [0, 0.05) is 52.1 Å². The van der Waals surface area contributed by atoms with E-state index >= 15 is 0 Å². The van der Waals surface area contributed by atoms with E-state index in [1.54, 1.807) is 17.1 Å². The molecule has 1 saturated heterocycles. The molecule has 0 saturated carbocycles. The lowest BCUT2D eigenvalue weighted by molar-refractivity contribution is 0.0749. The molecule has 2 aromatic heterocycles. The van der Waals surface area contributed by atoms with Crippen molar-refractivity contribution < 1.29 is 13.2 Å². The van der Waals surface area contributed by atoms with Gasteiger partial charge in [-0.2, -0.15) is 0 Å². The summed E-state index contributed by atoms with van der Waals surface area (Å²) in [5.41, 5.74) is 0.575. The maximum Gasteiger partial charge on any atom is 0.272 e. The number of hydrogen-bond acceptors (Lipinski definition) is 6. The predicted octanol–water partition coefficient (Wildman–Crippen LogP) is -0.151. The van der Waals surface area contributed by atoms with E-state index in [9.17, 15) is 13.2 Å². The Kier molecular flexibility index (Phi) is 4.96. The molecule has 1 fully saturated rings. The maximum absolute atomic E-state index is 12.8. The van der Waals surface area contributed by atoms with Crippen molar-refractivity contribution in [3.05, 3.63) is 29.9 Å². The molecule has 0 unspecified atom stereocenters. The fraction of sp³-hybridized carbons (Fsp3) is 0.647. The van der Waals surface area contributed by atoms with Crippen molar-refractivity contribution in [1.29, 1.82) is 0 Å². The Hall–Kier alpha value is -2.27. The molecule has 10 nitrogen and oxygen atoms in total. The normalized spacial score (nSPS) is 19.4. The Labute approximate surface area is 164 Å². The molecule has 4 heterocycles. The van der Waals surface area contributed by atoms with Crippen LogP contribution in [0.4, 0.5) is 0 Å². The number of hydrogen-bond donors (Lipinski definition) is 0. The van der Waals surface area contributed by atoms with Crippen LogP contribution in [-0.4, -0.2) is 80.3 Å². The SMILES string of the molecule is Cn1cncc1C(=O)N1CCc2nnc(C3CCN(S(C)(=O)=O)CC3)n2CC1. The first-order chi connectivity index (χ1) is 13.3. The molecule has 0 atom stereocenters. The first-order valence-corrected chi connectivity index (χ1v) is 11.3. The molecule has 0 spiro atoms. The lowest BCUT2D eigenvalue weighted by Crippen LogP contribution is -2.38. The van der Waals surface area contributed by atoms with Crippen molar-refractivity contribution in [2.45, 2.75) is 31.7 Å². The highest BCUT2D eigenvalue weighted by Gasteiger charge is 2.31. The van der Waals surface area contributed by atoms with Gasteiger partial charge < -0.3 is 14.0 Å². The first-order valence-electron chi connectivity index (χ1n) is 9.47. The van der Waals surface area contributed by atoms with Crippen molar-refractivity contribution in [3.63, 3.8) is 0 Å². The van der Waals surface area contributed by atoms with E-state index in [1.807, 2.05) is 11.9 Å². The highest BCUT2D eigenvalue weighted by Crippen LogP contribution is 2.29. The molecular formula is C17H25N7O3S. The minimum atomic E-state index is -3.14. The molecule has 2 aromatic rings. The highest BCUT2D eigenvalue weighted by molar-refractivity contribution is 7.88. The highest BCUT2D eigenvalue weighted by atomic mass is 32.2. The molecule has 0 aromatic carbocycles. The van der Waals surface area contributed by atoms with E-state index < -0.39 is 10.0 Å². The summed E-state index contributed by atoms with van der Waals surface area (Å²) in [4.78, 5) is 18.6. The summed E-state index contributed by atoms with van der Waals surface area (Å²) < 4.78 is 28.8. The number of piperidine rings is 1. The zero-order valence-electron chi connectivity index (χ0n) is 16.2. The summed E-state index contributed by atoms with van der Waals surface area (Å²) in [6.45, 7) is 2.85. The molecule has 2 aliphatic rings. The van der Waals surface area contributed by atoms with Crippen molar-refractivity contribution in [3.8, 4) is 0 Å². The van der Waals surface area contributed by atoms with Gasteiger partial charge in [-0.1, -0.05) is 0 Å². The number of fused-ring (bicyclic) bond motifs is 1. The number of amides is 1. The second-order valence-corrected chi connectivity index (χ2v) is 9.48. The van der Waals surface area contributed by atoms with Crippen molar-refractivity contribution in [2.75, 3.05) is 32.4 Å². The summed E-state index contributed by atoms with van der Waals surface area (Å²) in [5.74, 6) is 1.97. The van der Waals surface area contributed by atoms with E-state index in [1.165, 1.54) is 10.6 Å². The molecule has 0 aliphatic carbocycles. The number of imidazole rings is 1. The zero-order chi connectivity index (χ0) is 19.9. The van der Waals surface area contributed by atoms with Gasteiger partial charge in [0.2, 0.25) is 10.0 Å². The molecule has 152 valence electrons. The van der Waals surface area contributed by atoms with Crippen LogP contribution in [0.2, 0.25) is 0 Å². The van der Waals surface area contributed by atoms with Gasteiger partial charge in [0.25, 0.3) is 5.91 Å². The molecule has 0 bridgehead atoms. The van der Waals surface area contributed by atoms with E-state index in [0.29, 0.717) is 44.8 Å². The fourth-order valence-corrected chi connectivity index (χ4v) is 4.90. The maximum atomic E-state index is 12.8. The summed E-state index contributed by atoms with van der Waals surface area (Å²) in [6, 6.07) is 0. The van der Waals surface area contributed by atoms with Gasteiger partial charge in [0.1, 0.15) is 17.3 Å². The van der Waals surface area contributed by atoms with Gasteiger partial charge in [-0.3, -0.25) is 4.79 Å². The number of aromatic nitrogens is 5. The molecule has 11 heteroatoms. The summed E-state index contributed by atoms with van der Waals surface area (Å²) in [5, 5.41) is 8.77. The quantitative estimate of drug-likeness (QED) is 0.700. The van der Waals surface area contributed by atoms with Crippen LogP contribution in [0, 0.1) is 0 Å². The monoisotopic (exact) mass is 407 g/mol. The van der Waals surface area contributed by atoms with Crippen LogP contribution >= 0.6 is 0 Å². The fourth-order valence-electron chi connectivity index (χ4n) is 4.02. The number of nitrogens with zero attached hydrogens (tertiary/aromatic N) is 7. The third kappa shape index (κ3) is 3.55. The number of sulfonamides is 1. The van der Waals surface area contributed by atoms with Crippen LogP contribution in [-0.2, 0) is 30.0 Å². The topological polar surface area (TPSA) is 106 Å². The number of carbonyl (C=O) groups excluding carboxylic acids is 1. The Morgan fingerprint density at radius 3 is 2.50 bits per heavy atom. The number of rotatable bonds is 3. The predicted molar refractivity (Wildman–Crippen MR) is 101 cm³/mol. The second kappa shape index (κ2) is 7.28. The van der Waals surface area contributed by atoms with Gasteiger partial charge in [0.15, 0.2) is 0 Å². The second-order valence-electron chi connectivity index (χ2n) is 7.49. The molecule has 28 heavy (non-hydrogen) atoms. The molecular weight excluding hydrogens is 382 g/mol. The van der Waals surface area contributed by atoms with Gasteiger partial charge in [0.05, 0.1) is 18.8 Å². The van der Waals surface area contributed by atoms with Crippen molar-refractivity contribution in [2.24, 2.45) is 7.05 Å². The minimum Gasteiger partial charge on any atom is -0.335 e. The average molecular weight is 408 g/mol. The third-order valence-electron chi connectivity index (χ3n) is 5.67. The van der Waals surface area contributed by atoms with Gasteiger partial charge in [-0.15, -0.1) is 10.2 Å². The minimum absolute atomic E-state index is 0.0262. The molecule has 0 N–H and O–H groups in total. The van der Waals surface area contributed by atoms with Crippen LogP contribution in [0.25, 0.3) is 0 Å². The molecule has 0 radical (unpaired) electrons. The van der Waals surface area contributed by atoms with E-state index in [-0.39, 0.29) is 11.8 Å². The lowest BCUT2D eigenvalue weighted by atomic mass is 9.97. The summed E-state index contributed by atoms with van der Waals surface area (Å²) in [6.07, 6.45) is 6.60. The van der Waals surface area contributed by atoms with Crippen LogP contribution in [0.3, 0.4) is 0 Å². The van der Waals surface area contributed by atoms with Crippen LogP contribution < -0.4 is 0 Å². The van der Waals surface area contributed by atoms with Crippen LogP contribution in [0.15, 0.2) is 12.5 Å². The van der Waals surface area contributed by atoms with Crippen molar-refractivity contribution >= 4 is 15.9 Å². The lowest BCUT2D eigenvalue weighted by Gasteiger charge is -2.30. The molecule has 1 amide bonds. The smallest absolute Gasteiger partial charge is 0.272 e. The summed E-state index contributed by atoms with van der Waals surface area (Å²) in [7, 11) is -1.33. The standard InChI is InChI=1S/C17H25N7O3S/c1-21-12-18-11-14(21)17(25)22-6-5-15-19-20-16(24(15)10-9-22)13-3-7-23(8-4-13)28(2,26)27/h11-13H,3-10H2,1-2H3. The Morgan fingerprint density at radius 2 is 1.86 bits per heavy atom.